The highest BCUT2D eigenvalue weighted by atomic mass is 32.2. The normalized spacial score (nSPS) is 17.9. The zero-order valence-corrected chi connectivity index (χ0v) is 19.1. The summed E-state index contributed by atoms with van der Waals surface area (Å²) in [6.45, 7) is 3.75. The minimum atomic E-state index is -3.02. The van der Waals surface area contributed by atoms with E-state index in [1.807, 2.05) is 24.5 Å². The Labute approximate surface area is 184 Å². The predicted molar refractivity (Wildman–Crippen MR) is 118 cm³/mol. The first kappa shape index (κ1) is 21.8. The van der Waals surface area contributed by atoms with Gasteiger partial charge in [-0.2, -0.15) is 0 Å². The van der Waals surface area contributed by atoms with Gasteiger partial charge in [-0.3, -0.25) is 4.79 Å². The van der Waals surface area contributed by atoms with Gasteiger partial charge in [-0.15, -0.1) is 10.2 Å². The summed E-state index contributed by atoms with van der Waals surface area (Å²) in [6, 6.07) is 8.05. The van der Waals surface area contributed by atoms with Gasteiger partial charge in [0.2, 0.25) is 0 Å². The molecule has 164 valence electrons. The molecular formula is C21H23FN4O3S2. The van der Waals surface area contributed by atoms with Crippen LogP contribution in [0, 0.1) is 19.7 Å². The van der Waals surface area contributed by atoms with Gasteiger partial charge in [0.15, 0.2) is 26.6 Å². The lowest BCUT2D eigenvalue weighted by Crippen LogP contribution is -2.14. The maximum atomic E-state index is 14.1. The maximum absolute atomic E-state index is 14.1. The Hall–Kier alpha value is -2.46. The molecule has 0 bridgehead atoms. The van der Waals surface area contributed by atoms with Crippen molar-refractivity contribution < 1.29 is 17.6 Å². The topological polar surface area (TPSA) is 86.8 Å². The highest BCUT2D eigenvalue weighted by molar-refractivity contribution is 7.99. The first-order valence-electron chi connectivity index (χ1n) is 9.87. The van der Waals surface area contributed by atoms with Crippen molar-refractivity contribution in [2.45, 2.75) is 31.5 Å². The Bertz CT molecular complexity index is 1260. The summed E-state index contributed by atoms with van der Waals surface area (Å²) in [6.07, 6.45) is 0.568. The third kappa shape index (κ3) is 4.18. The lowest BCUT2D eigenvalue weighted by molar-refractivity contribution is 0.102. The van der Waals surface area contributed by atoms with E-state index >= 15 is 0 Å². The smallest absolute Gasteiger partial charge is 0.191 e. The van der Waals surface area contributed by atoms with Gasteiger partial charge >= 0.3 is 0 Å². The largest absolute Gasteiger partial charge is 0.344 e. The van der Waals surface area contributed by atoms with Crippen LogP contribution in [0.5, 0.6) is 0 Å². The molecule has 4 rings (SSSR count). The number of rotatable bonds is 6. The number of halogens is 1. The van der Waals surface area contributed by atoms with Crippen molar-refractivity contribution in [1.29, 1.82) is 0 Å². The number of thioether (sulfide) groups is 1. The van der Waals surface area contributed by atoms with E-state index in [-0.39, 0.29) is 34.9 Å². The highest BCUT2D eigenvalue weighted by Crippen LogP contribution is 2.30. The highest BCUT2D eigenvalue weighted by Gasteiger charge is 2.31. The molecule has 1 saturated heterocycles. The van der Waals surface area contributed by atoms with E-state index in [0.717, 1.165) is 11.4 Å². The Morgan fingerprint density at radius 1 is 1.26 bits per heavy atom. The second-order valence-corrected chi connectivity index (χ2v) is 10.9. The fourth-order valence-corrected chi connectivity index (χ4v) is 6.62. The van der Waals surface area contributed by atoms with Crippen molar-refractivity contribution in [1.82, 2.24) is 19.3 Å². The standard InChI is InChI=1S/C21H23FN4O3S2/c1-13-10-17(14(2)26(13)15-8-9-31(28,29)12-15)19(27)11-30-21-24-23-20(25(21)3)16-6-4-5-7-18(16)22/h4-7,10,15H,8-9,11-12H2,1-3H3. The average Bonchev–Trinajstić information content (AvgIpc) is 3.35. The molecule has 0 aliphatic carbocycles. The molecule has 1 aromatic carbocycles. The summed E-state index contributed by atoms with van der Waals surface area (Å²) >= 11 is 1.24. The van der Waals surface area contributed by atoms with Gasteiger partial charge in [-0.25, -0.2) is 12.8 Å². The number of Topliss-reactive ketones (excluding diaryl/α,β-unsaturated/α-hetero) is 1. The zero-order valence-electron chi connectivity index (χ0n) is 17.5. The summed E-state index contributed by atoms with van der Waals surface area (Å²) in [4.78, 5) is 12.9. The number of nitrogens with zero attached hydrogens (tertiary/aromatic N) is 4. The number of carbonyl (C=O) groups is 1. The van der Waals surface area contributed by atoms with Crippen LogP contribution in [0.4, 0.5) is 4.39 Å². The fraction of sp³-hybridized carbons (Fsp3) is 0.381. The molecule has 3 heterocycles. The summed E-state index contributed by atoms with van der Waals surface area (Å²) < 4.78 is 41.5. The van der Waals surface area contributed by atoms with Crippen molar-refractivity contribution in [2.24, 2.45) is 7.05 Å². The van der Waals surface area contributed by atoms with Crippen molar-refractivity contribution >= 4 is 27.4 Å². The van der Waals surface area contributed by atoms with E-state index in [9.17, 15) is 17.6 Å². The number of aromatic nitrogens is 4. The van der Waals surface area contributed by atoms with Gasteiger partial charge in [-0.1, -0.05) is 23.9 Å². The van der Waals surface area contributed by atoms with Crippen molar-refractivity contribution in [2.75, 3.05) is 17.3 Å². The van der Waals surface area contributed by atoms with Crippen LogP contribution in [0.2, 0.25) is 0 Å². The van der Waals surface area contributed by atoms with Gasteiger partial charge in [-0.05, 0) is 38.5 Å². The molecule has 0 spiro atoms. The van der Waals surface area contributed by atoms with E-state index in [4.69, 9.17) is 0 Å². The van der Waals surface area contributed by atoms with Gasteiger partial charge in [0.1, 0.15) is 5.82 Å². The van der Waals surface area contributed by atoms with Crippen LogP contribution in [0.25, 0.3) is 11.4 Å². The monoisotopic (exact) mass is 462 g/mol. The Balaban J connectivity index is 1.50. The molecule has 1 aliphatic rings. The molecule has 0 N–H and O–H groups in total. The summed E-state index contributed by atoms with van der Waals surface area (Å²) in [5.41, 5.74) is 2.61. The number of aryl methyl sites for hydroxylation is 1. The van der Waals surface area contributed by atoms with Gasteiger partial charge < -0.3 is 9.13 Å². The Morgan fingerprint density at radius 3 is 2.68 bits per heavy atom. The molecule has 1 unspecified atom stereocenters. The molecule has 1 aliphatic heterocycles. The van der Waals surface area contributed by atoms with Crippen LogP contribution in [-0.4, -0.2) is 50.8 Å². The first-order chi connectivity index (χ1) is 14.7. The molecule has 1 atom stereocenters. The molecular weight excluding hydrogens is 439 g/mol. The molecule has 7 nitrogen and oxygen atoms in total. The van der Waals surface area contributed by atoms with Crippen molar-refractivity contribution in [3.8, 4) is 11.4 Å². The van der Waals surface area contributed by atoms with Crippen LogP contribution in [-0.2, 0) is 16.9 Å². The van der Waals surface area contributed by atoms with E-state index in [1.165, 1.54) is 17.8 Å². The molecule has 3 aromatic rings. The minimum Gasteiger partial charge on any atom is -0.344 e. The lowest BCUT2D eigenvalue weighted by Gasteiger charge is -2.16. The Morgan fingerprint density at radius 2 is 2.00 bits per heavy atom. The second-order valence-electron chi connectivity index (χ2n) is 7.77. The van der Waals surface area contributed by atoms with E-state index in [1.54, 1.807) is 29.8 Å². The van der Waals surface area contributed by atoms with Crippen LogP contribution in [0.15, 0.2) is 35.5 Å². The number of hydrogen-bond donors (Lipinski definition) is 0. The fourth-order valence-electron chi connectivity index (χ4n) is 4.13. The van der Waals surface area contributed by atoms with Gasteiger partial charge in [0.05, 0.1) is 22.8 Å². The van der Waals surface area contributed by atoms with E-state index in [2.05, 4.69) is 10.2 Å². The molecule has 10 heteroatoms. The number of benzene rings is 1. The van der Waals surface area contributed by atoms with Crippen molar-refractivity contribution in [3.05, 3.63) is 53.1 Å². The Kier molecular flexibility index (Phi) is 5.78. The molecule has 0 radical (unpaired) electrons. The zero-order chi connectivity index (χ0) is 22.3. The van der Waals surface area contributed by atoms with Crippen LogP contribution < -0.4 is 0 Å². The minimum absolute atomic E-state index is 0.0688. The quantitative estimate of drug-likeness (QED) is 0.412. The second kappa shape index (κ2) is 8.23. The number of ketones is 1. The maximum Gasteiger partial charge on any atom is 0.191 e. The average molecular weight is 463 g/mol. The first-order valence-corrected chi connectivity index (χ1v) is 12.7. The van der Waals surface area contributed by atoms with Crippen molar-refractivity contribution in [3.63, 3.8) is 0 Å². The van der Waals surface area contributed by atoms with Crippen LogP contribution in [0.3, 0.4) is 0 Å². The molecule has 31 heavy (non-hydrogen) atoms. The SMILES string of the molecule is Cc1cc(C(=O)CSc2nnc(-c3ccccc3F)n2C)c(C)n1C1CCS(=O)(=O)C1. The van der Waals surface area contributed by atoms with Crippen LogP contribution >= 0.6 is 11.8 Å². The molecule has 0 saturated carbocycles. The number of hydrogen-bond acceptors (Lipinski definition) is 6. The predicted octanol–water partition coefficient (Wildman–Crippen LogP) is 3.37. The van der Waals surface area contributed by atoms with Gasteiger partial charge in [0.25, 0.3) is 0 Å². The number of sulfone groups is 1. The third-order valence-corrected chi connectivity index (χ3v) is 8.41. The van der Waals surface area contributed by atoms with E-state index in [0.29, 0.717) is 28.5 Å². The van der Waals surface area contributed by atoms with Gasteiger partial charge in [0, 0.05) is 30.0 Å². The van der Waals surface area contributed by atoms with Crippen LogP contribution in [0.1, 0.15) is 34.2 Å². The summed E-state index contributed by atoms with van der Waals surface area (Å²) in [5.74, 6) is 0.394. The molecule has 0 amide bonds. The van der Waals surface area contributed by atoms with E-state index < -0.39 is 9.84 Å². The summed E-state index contributed by atoms with van der Waals surface area (Å²) in [7, 11) is -1.28. The molecule has 2 aromatic heterocycles. The molecule has 1 fully saturated rings. The third-order valence-electron chi connectivity index (χ3n) is 5.64. The summed E-state index contributed by atoms with van der Waals surface area (Å²) in [5, 5.41) is 8.70. The number of carbonyl (C=O) groups excluding carboxylic acids is 1. The lowest BCUT2D eigenvalue weighted by atomic mass is 10.2.